The van der Waals surface area contributed by atoms with Crippen molar-refractivity contribution >= 4 is 11.6 Å². The number of aliphatic hydroxyl groups is 1. The minimum absolute atomic E-state index is 0.148. The minimum Gasteiger partial charge on any atom is -0.467 e. The van der Waals surface area contributed by atoms with Crippen LogP contribution in [0.3, 0.4) is 0 Å². The van der Waals surface area contributed by atoms with Gasteiger partial charge in [-0.2, -0.15) is 0 Å². The summed E-state index contributed by atoms with van der Waals surface area (Å²) in [6, 6.07) is 10.8. The molecule has 1 heterocycles. The average Bonchev–Trinajstić information content (AvgIpc) is 3.01. The fraction of sp³-hybridized carbons (Fsp3) is 0.312. The lowest BCUT2D eigenvalue weighted by molar-refractivity contribution is 0.0936. The zero-order valence-corrected chi connectivity index (χ0v) is 12.2. The lowest BCUT2D eigenvalue weighted by atomic mass is 10.1. The Hall–Kier alpha value is -2.27. The number of rotatable bonds is 6. The van der Waals surface area contributed by atoms with Crippen LogP contribution in [0.25, 0.3) is 0 Å². The van der Waals surface area contributed by atoms with E-state index in [-0.39, 0.29) is 5.91 Å². The summed E-state index contributed by atoms with van der Waals surface area (Å²) in [6.07, 6.45) is 1.23. The van der Waals surface area contributed by atoms with E-state index >= 15 is 0 Å². The van der Waals surface area contributed by atoms with E-state index in [9.17, 15) is 9.90 Å². The van der Waals surface area contributed by atoms with Crippen molar-refractivity contribution in [3.63, 3.8) is 0 Å². The maximum Gasteiger partial charge on any atom is 0.251 e. The zero-order chi connectivity index (χ0) is 15.2. The van der Waals surface area contributed by atoms with Crippen molar-refractivity contribution in [2.45, 2.75) is 12.5 Å². The summed E-state index contributed by atoms with van der Waals surface area (Å²) in [7, 11) is 3.85. The van der Waals surface area contributed by atoms with Gasteiger partial charge < -0.3 is 19.7 Å². The predicted octanol–water partition coefficient (Wildman–Crippen LogP) is 2.20. The molecular weight excluding hydrogens is 268 g/mol. The highest BCUT2D eigenvalue weighted by Gasteiger charge is 2.11. The van der Waals surface area contributed by atoms with Gasteiger partial charge in [0, 0.05) is 31.9 Å². The van der Waals surface area contributed by atoms with Crippen molar-refractivity contribution in [3.05, 3.63) is 54.0 Å². The zero-order valence-electron chi connectivity index (χ0n) is 12.2. The Morgan fingerprint density at radius 1 is 1.33 bits per heavy atom. The van der Waals surface area contributed by atoms with Gasteiger partial charge in [0.1, 0.15) is 11.9 Å². The molecule has 0 aliphatic carbocycles. The third-order valence-corrected chi connectivity index (χ3v) is 3.20. The van der Waals surface area contributed by atoms with Gasteiger partial charge in [-0.25, -0.2) is 0 Å². The summed E-state index contributed by atoms with van der Waals surface area (Å²) < 4.78 is 5.11. The van der Waals surface area contributed by atoms with E-state index in [1.165, 1.54) is 6.26 Å². The molecule has 1 aromatic carbocycles. The molecule has 1 unspecified atom stereocenters. The second kappa shape index (κ2) is 6.95. The number of hydrogen-bond acceptors (Lipinski definition) is 4. The molecule has 1 amide bonds. The summed E-state index contributed by atoms with van der Waals surface area (Å²) in [6.45, 7) is 0.382. The Morgan fingerprint density at radius 3 is 2.81 bits per heavy atom. The second-order valence-electron chi connectivity index (χ2n) is 5.02. The first-order valence-corrected chi connectivity index (χ1v) is 6.85. The molecule has 5 nitrogen and oxygen atoms in total. The van der Waals surface area contributed by atoms with E-state index in [0.717, 1.165) is 5.69 Å². The number of anilines is 1. The van der Waals surface area contributed by atoms with Crippen molar-refractivity contribution in [1.82, 2.24) is 5.32 Å². The van der Waals surface area contributed by atoms with Crippen molar-refractivity contribution < 1.29 is 14.3 Å². The molecule has 0 aliphatic rings. The van der Waals surface area contributed by atoms with Gasteiger partial charge >= 0.3 is 0 Å². The van der Waals surface area contributed by atoms with E-state index in [4.69, 9.17) is 4.42 Å². The molecule has 21 heavy (non-hydrogen) atoms. The molecule has 1 aromatic heterocycles. The molecule has 2 N–H and O–H groups in total. The van der Waals surface area contributed by atoms with Crippen LogP contribution in [0.4, 0.5) is 5.69 Å². The van der Waals surface area contributed by atoms with Crippen molar-refractivity contribution in [2.75, 3.05) is 25.5 Å². The highest BCUT2D eigenvalue weighted by molar-refractivity contribution is 5.95. The van der Waals surface area contributed by atoms with E-state index in [0.29, 0.717) is 24.3 Å². The van der Waals surface area contributed by atoms with E-state index in [2.05, 4.69) is 5.32 Å². The van der Waals surface area contributed by atoms with Gasteiger partial charge in [0.25, 0.3) is 5.91 Å². The molecule has 2 rings (SSSR count). The summed E-state index contributed by atoms with van der Waals surface area (Å²) in [5.41, 5.74) is 1.58. The van der Waals surface area contributed by atoms with E-state index in [1.54, 1.807) is 18.2 Å². The van der Waals surface area contributed by atoms with E-state index in [1.807, 2.05) is 37.2 Å². The molecule has 0 saturated heterocycles. The summed E-state index contributed by atoms with van der Waals surface area (Å²) >= 11 is 0. The maximum absolute atomic E-state index is 12.1. The molecule has 112 valence electrons. The van der Waals surface area contributed by atoms with Crippen LogP contribution in [0.15, 0.2) is 47.1 Å². The number of nitrogens with zero attached hydrogens (tertiary/aromatic N) is 1. The quantitative estimate of drug-likeness (QED) is 0.855. The number of carbonyl (C=O) groups is 1. The molecule has 5 heteroatoms. The highest BCUT2D eigenvalue weighted by Crippen LogP contribution is 2.16. The Morgan fingerprint density at radius 2 is 2.14 bits per heavy atom. The minimum atomic E-state index is -0.701. The molecule has 0 fully saturated rings. The van der Waals surface area contributed by atoms with Gasteiger partial charge in [-0.05, 0) is 36.8 Å². The normalized spacial score (nSPS) is 12.0. The standard InChI is InChI=1S/C16H20N2O3/c1-18(2)13-6-3-5-12(11-13)16(20)17-9-8-14(19)15-7-4-10-21-15/h3-7,10-11,14,19H,8-9H2,1-2H3,(H,17,20). The van der Waals surface area contributed by atoms with E-state index < -0.39 is 6.10 Å². The first kappa shape index (κ1) is 15.1. The van der Waals surface area contributed by atoms with Crippen LogP contribution in [0.2, 0.25) is 0 Å². The van der Waals surface area contributed by atoms with Crippen LogP contribution in [-0.4, -0.2) is 31.7 Å². The number of hydrogen-bond donors (Lipinski definition) is 2. The number of benzene rings is 1. The number of furan rings is 1. The van der Waals surface area contributed by atoms with Crippen molar-refractivity contribution in [1.29, 1.82) is 0 Å². The van der Waals surface area contributed by atoms with Gasteiger partial charge in [-0.3, -0.25) is 4.79 Å². The van der Waals surface area contributed by atoms with Crippen LogP contribution >= 0.6 is 0 Å². The van der Waals surface area contributed by atoms with Gasteiger partial charge in [-0.15, -0.1) is 0 Å². The lowest BCUT2D eigenvalue weighted by Gasteiger charge is -2.14. The summed E-state index contributed by atoms with van der Waals surface area (Å²) in [4.78, 5) is 14.0. The monoisotopic (exact) mass is 288 g/mol. The molecule has 2 aromatic rings. The number of carbonyl (C=O) groups excluding carboxylic acids is 1. The molecule has 1 atom stereocenters. The largest absolute Gasteiger partial charge is 0.467 e. The Bertz CT molecular complexity index is 579. The van der Waals surface area contributed by atoms with Crippen LogP contribution in [-0.2, 0) is 0 Å². The third kappa shape index (κ3) is 4.10. The Labute approximate surface area is 124 Å². The molecule has 0 saturated carbocycles. The summed E-state index contributed by atoms with van der Waals surface area (Å²) in [5, 5.41) is 12.7. The number of aliphatic hydroxyl groups excluding tert-OH is 1. The van der Waals surface area contributed by atoms with Crippen LogP contribution in [0.5, 0.6) is 0 Å². The smallest absolute Gasteiger partial charge is 0.251 e. The van der Waals surface area contributed by atoms with Gasteiger partial charge in [-0.1, -0.05) is 6.07 Å². The highest BCUT2D eigenvalue weighted by atomic mass is 16.4. The fourth-order valence-corrected chi connectivity index (χ4v) is 1.97. The first-order valence-electron chi connectivity index (χ1n) is 6.85. The molecule has 0 spiro atoms. The van der Waals surface area contributed by atoms with Crippen LogP contribution in [0.1, 0.15) is 28.6 Å². The molecule has 0 aliphatic heterocycles. The molecule has 0 bridgehead atoms. The van der Waals surface area contributed by atoms with Crippen molar-refractivity contribution in [2.24, 2.45) is 0 Å². The van der Waals surface area contributed by atoms with Crippen LogP contribution < -0.4 is 10.2 Å². The van der Waals surface area contributed by atoms with Gasteiger partial charge in [0.15, 0.2) is 0 Å². The molecule has 0 radical (unpaired) electrons. The van der Waals surface area contributed by atoms with Gasteiger partial charge in [0.05, 0.1) is 6.26 Å². The molecular formula is C16H20N2O3. The Kier molecular flexibility index (Phi) is 5.00. The topological polar surface area (TPSA) is 65.7 Å². The third-order valence-electron chi connectivity index (χ3n) is 3.20. The SMILES string of the molecule is CN(C)c1cccc(C(=O)NCCC(O)c2ccco2)c1. The maximum atomic E-state index is 12.1. The predicted molar refractivity (Wildman–Crippen MR) is 81.4 cm³/mol. The van der Waals surface area contributed by atoms with Crippen molar-refractivity contribution in [3.8, 4) is 0 Å². The first-order chi connectivity index (χ1) is 10.1. The fourth-order valence-electron chi connectivity index (χ4n) is 1.97. The second-order valence-corrected chi connectivity index (χ2v) is 5.02. The number of amides is 1. The Balaban J connectivity index is 1.86. The average molecular weight is 288 g/mol. The lowest BCUT2D eigenvalue weighted by Crippen LogP contribution is -2.25. The summed E-state index contributed by atoms with van der Waals surface area (Å²) in [5.74, 6) is 0.365. The number of nitrogens with one attached hydrogen (secondary N) is 1. The van der Waals surface area contributed by atoms with Gasteiger partial charge in [0.2, 0.25) is 0 Å². The van der Waals surface area contributed by atoms with Crippen LogP contribution in [0, 0.1) is 0 Å².